The number of aryl methyl sites for hydroxylation is 2. The molecule has 2 heterocycles. The van der Waals surface area contributed by atoms with Gasteiger partial charge in [-0.1, -0.05) is 24.3 Å². The van der Waals surface area contributed by atoms with Gasteiger partial charge in [0.1, 0.15) is 5.76 Å². The minimum atomic E-state index is 0. The second-order valence-corrected chi connectivity index (χ2v) is 7.26. The molecule has 1 atom stereocenters. The highest BCUT2D eigenvalue weighted by Crippen LogP contribution is 2.12. The number of oxazole rings is 1. The first-order chi connectivity index (χ1) is 13.5. The van der Waals surface area contributed by atoms with Crippen molar-refractivity contribution in [2.45, 2.75) is 46.5 Å². The van der Waals surface area contributed by atoms with E-state index in [2.05, 4.69) is 56.7 Å². The summed E-state index contributed by atoms with van der Waals surface area (Å²) in [5, 5.41) is 6.59. The van der Waals surface area contributed by atoms with Gasteiger partial charge in [-0.05, 0) is 31.9 Å². The Hall–Kier alpha value is -1.65. The van der Waals surface area contributed by atoms with Crippen molar-refractivity contribution in [2.75, 3.05) is 26.7 Å². The van der Waals surface area contributed by atoms with Crippen LogP contribution in [0.2, 0.25) is 0 Å². The number of hydrogen-bond donors (Lipinski definition) is 2. The molecular weight excluding hydrogens is 481 g/mol. The number of nitrogens with zero attached hydrogens (tertiary/aromatic N) is 3. The number of ether oxygens (including phenoxy) is 1. The maximum atomic E-state index is 5.63. The molecule has 7 nitrogen and oxygen atoms in total. The standard InChI is InChI=1S/C21H31N5O2.HI/c1-15-13-26(8-9-27-15)14-19-7-5-6-18(10-19)11-23-21(22-4)24-12-20-25-16(2)17(3)28-20;/h5-7,10,15H,8-9,11-14H2,1-4H3,(H2,22,23,24);1H. The molecule has 29 heavy (non-hydrogen) atoms. The highest BCUT2D eigenvalue weighted by Gasteiger charge is 2.16. The molecule has 1 aromatic carbocycles. The van der Waals surface area contributed by atoms with Crippen LogP contribution in [-0.4, -0.2) is 48.7 Å². The molecule has 1 unspecified atom stereocenters. The molecule has 0 aliphatic carbocycles. The summed E-state index contributed by atoms with van der Waals surface area (Å²) in [5.41, 5.74) is 3.47. The Morgan fingerprint density at radius 1 is 1.24 bits per heavy atom. The van der Waals surface area contributed by atoms with Crippen LogP contribution in [0.1, 0.15) is 35.4 Å². The number of benzene rings is 1. The van der Waals surface area contributed by atoms with Crippen LogP contribution in [0.5, 0.6) is 0 Å². The van der Waals surface area contributed by atoms with Crippen molar-refractivity contribution in [2.24, 2.45) is 4.99 Å². The molecule has 160 valence electrons. The zero-order valence-electron chi connectivity index (χ0n) is 17.7. The summed E-state index contributed by atoms with van der Waals surface area (Å²) in [4.78, 5) is 11.1. The number of halogens is 1. The van der Waals surface area contributed by atoms with E-state index in [0.29, 0.717) is 25.1 Å². The highest BCUT2D eigenvalue weighted by molar-refractivity contribution is 14.0. The largest absolute Gasteiger partial charge is 0.444 e. The Morgan fingerprint density at radius 2 is 2.00 bits per heavy atom. The van der Waals surface area contributed by atoms with Gasteiger partial charge in [-0.2, -0.15) is 0 Å². The van der Waals surface area contributed by atoms with Crippen molar-refractivity contribution in [3.05, 3.63) is 52.7 Å². The molecule has 3 rings (SSSR count). The molecule has 1 saturated heterocycles. The molecular formula is C21H32IN5O2. The van der Waals surface area contributed by atoms with Crippen LogP contribution < -0.4 is 10.6 Å². The Morgan fingerprint density at radius 3 is 2.69 bits per heavy atom. The predicted molar refractivity (Wildman–Crippen MR) is 126 cm³/mol. The van der Waals surface area contributed by atoms with Gasteiger partial charge in [0.05, 0.1) is 24.9 Å². The first kappa shape index (κ1) is 23.6. The molecule has 8 heteroatoms. The summed E-state index contributed by atoms with van der Waals surface area (Å²) in [5.74, 6) is 2.24. The molecule has 0 saturated carbocycles. The van der Waals surface area contributed by atoms with Gasteiger partial charge >= 0.3 is 0 Å². The van der Waals surface area contributed by atoms with Crippen molar-refractivity contribution in [3.63, 3.8) is 0 Å². The van der Waals surface area contributed by atoms with E-state index < -0.39 is 0 Å². The van der Waals surface area contributed by atoms with Gasteiger partial charge in [0, 0.05) is 33.2 Å². The van der Waals surface area contributed by atoms with Crippen LogP contribution in [0.4, 0.5) is 0 Å². The maximum absolute atomic E-state index is 5.63. The van der Waals surface area contributed by atoms with Gasteiger partial charge in [-0.25, -0.2) is 4.98 Å². The molecule has 0 bridgehead atoms. The Labute approximate surface area is 190 Å². The highest BCUT2D eigenvalue weighted by atomic mass is 127. The monoisotopic (exact) mass is 513 g/mol. The van der Waals surface area contributed by atoms with Gasteiger partial charge in [-0.15, -0.1) is 24.0 Å². The van der Waals surface area contributed by atoms with E-state index in [9.17, 15) is 0 Å². The van der Waals surface area contributed by atoms with Gasteiger partial charge in [-0.3, -0.25) is 9.89 Å². The summed E-state index contributed by atoms with van der Waals surface area (Å²) in [6.45, 7) is 10.9. The van der Waals surface area contributed by atoms with Crippen LogP contribution in [0.3, 0.4) is 0 Å². The molecule has 1 aromatic heterocycles. The lowest BCUT2D eigenvalue weighted by atomic mass is 10.1. The summed E-state index contributed by atoms with van der Waals surface area (Å²) >= 11 is 0. The molecule has 1 aliphatic rings. The van der Waals surface area contributed by atoms with Crippen LogP contribution in [0.15, 0.2) is 33.7 Å². The number of hydrogen-bond acceptors (Lipinski definition) is 5. The Balaban J connectivity index is 0.00000300. The molecule has 2 aromatic rings. The third kappa shape index (κ3) is 7.27. The predicted octanol–water partition coefficient (Wildman–Crippen LogP) is 3.00. The molecule has 0 spiro atoms. The summed E-state index contributed by atoms with van der Waals surface area (Å²) in [6.07, 6.45) is 0.309. The minimum absolute atomic E-state index is 0. The van der Waals surface area contributed by atoms with Gasteiger partial charge in [0.2, 0.25) is 5.89 Å². The lowest BCUT2D eigenvalue weighted by Crippen LogP contribution is -2.40. The topological polar surface area (TPSA) is 74.9 Å². The smallest absolute Gasteiger partial charge is 0.214 e. The molecule has 1 aliphatic heterocycles. The quantitative estimate of drug-likeness (QED) is 0.352. The lowest BCUT2D eigenvalue weighted by Gasteiger charge is -2.31. The lowest BCUT2D eigenvalue weighted by molar-refractivity contribution is -0.0212. The van der Waals surface area contributed by atoms with Crippen LogP contribution in [0, 0.1) is 13.8 Å². The van der Waals surface area contributed by atoms with Crippen molar-refractivity contribution < 1.29 is 9.15 Å². The van der Waals surface area contributed by atoms with Gasteiger partial charge in [0.25, 0.3) is 0 Å². The zero-order chi connectivity index (χ0) is 19.9. The minimum Gasteiger partial charge on any atom is -0.444 e. The van der Waals surface area contributed by atoms with Crippen LogP contribution in [-0.2, 0) is 24.4 Å². The van der Waals surface area contributed by atoms with Crippen LogP contribution in [0.25, 0.3) is 0 Å². The van der Waals surface area contributed by atoms with Crippen molar-refractivity contribution >= 4 is 29.9 Å². The van der Waals surface area contributed by atoms with E-state index in [4.69, 9.17) is 9.15 Å². The third-order valence-corrected chi connectivity index (χ3v) is 4.89. The van der Waals surface area contributed by atoms with Crippen molar-refractivity contribution in [1.29, 1.82) is 0 Å². The van der Waals surface area contributed by atoms with Crippen molar-refractivity contribution in [3.8, 4) is 0 Å². The van der Waals surface area contributed by atoms with Gasteiger partial charge < -0.3 is 19.8 Å². The van der Waals surface area contributed by atoms with E-state index >= 15 is 0 Å². The fourth-order valence-electron chi connectivity index (χ4n) is 3.31. The molecule has 2 N–H and O–H groups in total. The molecule has 0 amide bonds. The van der Waals surface area contributed by atoms with Crippen LogP contribution >= 0.6 is 24.0 Å². The number of nitrogens with one attached hydrogen (secondary N) is 2. The number of morpholine rings is 1. The third-order valence-electron chi connectivity index (χ3n) is 4.89. The molecule has 0 radical (unpaired) electrons. The normalized spacial score (nSPS) is 17.7. The summed E-state index contributed by atoms with van der Waals surface area (Å²) < 4.78 is 11.2. The fraction of sp³-hybridized carbons (Fsp3) is 0.524. The summed E-state index contributed by atoms with van der Waals surface area (Å²) in [7, 11) is 1.76. The molecule has 1 fully saturated rings. The average molecular weight is 513 g/mol. The first-order valence-corrected chi connectivity index (χ1v) is 9.82. The SMILES string of the molecule is CN=C(NCc1cccc(CN2CCOC(C)C2)c1)NCc1nc(C)c(C)o1.I. The van der Waals surface area contributed by atoms with E-state index in [0.717, 1.165) is 43.7 Å². The Kier molecular flexibility index (Phi) is 9.38. The fourth-order valence-corrected chi connectivity index (χ4v) is 3.31. The second kappa shape index (κ2) is 11.5. The number of rotatable bonds is 6. The maximum Gasteiger partial charge on any atom is 0.214 e. The number of aliphatic imine (C=N–C) groups is 1. The van der Waals surface area contributed by atoms with Crippen molar-refractivity contribution in [1.82, 2.24) is 20.5 Å². The van der Waals surface area contributed by atoms with E-state index in [1.54, 1.807) is 7.05 Å². The summed E-state index contributed by atoms with van der Waals surface area (Å²) in [6, 6.07) is 8.68. The van der Waals surface area contributed by atoms with E-state index in [1.165, 1.54) is 11.1 Å². The second-order valence-electron chi connectivity index (χ2n) is 7.26. The first-order valence-electron chi connectivity index (χ1n) is 9.82. The average Bonchev–Trinajstić information content (AvgIpc) is 3.00. The number of guanidine groups is 1. The van der Waals surface area contributed by atoms with E-state index in [1.807, 2.05) is 13.8 Å². The Bertz CT molecular complexity index is 789. The number of aromatic nitrogens is 1. The zero-order valence-corrected chi connectivity index (χ0v) is 20.0. The van der Waals surface area contributed by atoms with Gasteiger partial charge in [0.15, 0.2) is 5.96 Å². The van der Waals surface area contributed by atoms with E-state index in [-0.39, 0.29) is 24.0 Å².